The maximum absolute atomic E-state index is 5.76. The highest BCUT2D eigenvalue weighted by molar-refractivity contribution is 6.05. The Morgan fingerprint density at radius 1 is 1.06 bits per heavy atom. The minimum Gasteiger partial charge on any atom is -0.352 e. The maximum Gasteiger partial charge on any atom is 0.182 e. The van der Waals surface area contributed by atoms with Gasteiger partial charge in [0.25, 0.3) is 0 Å². The van der Waals surface area contributed by atoms with Crippen molar-refractivity contribution in [1.82, 2.24) is 9.71 Å². The van der Waals surface area contributed by atoms with Gasteiger partial charge >= 0.3 is 0 Å². The lowest BCUT2D eigenvalue weighted by Crippen LogP contribution is -2.59. The summed E-state index contributed by atoms with van der Waals surface area (Å²) in [7, 11) is 5.76. The molecule has 88 valence electrons. The average Bonchev–Trinajstić information content (AvgIpc) is 2.32. The van der Waals surface area contributed by atoms with E-state index in [4.69, 9.17) is 7.98 Å². The van der Waals surface area contributed by atoms with E-state index >= 15 is 0 Å². The lowest BCUT2D eigenvalue weighted by Gasteiger charge is -2.53. The zero-order valence-corrected chi connectivity index (χ0v) is 10.3. The predicted molar refractivity (Wildman–Crippen MR) is 70.7 cm³/mol. The first-order chi connectivity index (χ1) is 8.26. The molecule has 0 atom stereocenters. The van der Waals surface area contributed by atoms with Crippen LogP contribution >= 0.6 is 0 Å². The van der Waals surface area contributed by atoms with Crippen LogP contribution in [0.25, 0.3) is 0 Å². The molecule has 0 aromatic heterocycles. The molecule has 1 spiro atoms. The van der Waals surface area contributed by atoms with Gasteiger partial charge in [-0.15, -0.1) is 0 Å². The first-order valence-corrected chi connectivity index (χ1v) is 6.52. The molecular formula is C14H19BN2. The SMILES string of the molecule is [B]N1CC2(CCN(Cc3ccccc3)CC2)C1. The summed E-state index contributed by atoms with van der Waals surface area (Å²) in [6.07, 6.45) is 2.63. The number of rotatable bonds is 2. The fourth-order valence-electron chi connectivity index (χ4n) is 3.16. The number of hydrogen-bond acceptors (Lipinski definition) is 2. The van der Waals surface area contributed by atoms with Gasteiger partial charge in [0.1, 0.15) is 0 Å². The third-order valence-electron chi connectivity index (χ3n) is 4.24. The summed E-state index contributed by atoms with van der Waals surface area (Å²) < 4.78 is 0. The van der Waals surface area contributed by atoms with Crippen LogP contribution in [-0.2, 0) is 6.54 Å². The second-order valence-corrected chi connectivity index (χ2v) is 5.67. The molecule has 1 aromatic carbocycles. The zero-order chi connectivity index (χ0) is 11.7. The number of nitrogens with zero attached hydrogens (tertiary/aromatic N) is 2. The van der Waals surface area contributed by atoms with Crippen molar-refractivity contribution in [3.63, 3.8) is 0 Å². The van der Waals surface area contributed by atoms with Crippen molar-refractivity contribution < 1.29 is 0 Å². The number of hydrogen-bond donors (Lipinski definition) is 0. The van der Waals surface area contributed by atoms with Gasteiger partial charge in [-0.2, -0.15) is 0 Å². The molecule has 0 N–H and O–H groups in total. The molecule has 1 aromatic rings. The summed E-state index contributed by atoms with van der Waals surface area (Å²) in [5, 5.41) is 0. The van der Waals surface area contributed by atoms with E-state index in [9.17, 15) is 0 Å². The zero-order valence-electron chi connectivity index (χ0n) is 10.3. The van der Waals surface area contributed by atoms with E-state index < -0.39 is 0 Å². The Bertz CT molecular complexity index is 363. The molecular weight excluding hydrogens is 207 g/mol. The topological polar surface area (TPSA) is 6.48 Å². The second-order valence-electron chi connectivity index (χ2n) is 5.67. The minimum atomic E-state index is 0.557. The molecule has 2 heterocycles. The Kier molecular flexibility index (Phi) is 2.97. The quantitative estimate of drug-likeness (QED) is 0.708. The van der Waals surface area contributed by atoms with Crippen LogP contribution in [0.2, 0.25) is 0 Å². The summed E-state index contributed by atoms with van der Waals surface area (Å²) in [5.74, 6) is 0. The van der Waals surface area contributed by atoms with E-state index in [-0.39, 0.29) is 0 Å². The summed E-state index contributed by atoms with van der Waals surface area (Å²) >= 11 is 0. The van der Waals surface area contributed by atoms with Crippen LogP contribution in [0.1, 0.15) is 18.4 Å². The monoisotopic (exact) mass is 226 g/mol. The molecule has 0 saturated carbocycles. The van der Waals surface area contributed by atoms with Crippen LogP contribution < -0.4 is 0 Å². The van der Waals surface area contributed by atoms with Crippen molar-refractivity contribution in [3.8, 4) is 0 Å². The summed E-state index contributed by atoms with van der Waals surface area (Å²) in [6.45, 7) is 5.76. The van der Waals surface area contributed by atoms with Crippen LogP contribution in [0.5, 0.6) is 0 Å². The molecule has 2 radical (unpaired) electrons. The Morgan fingerprint density at radius 2 is 1.71 bits per heavy atom. The lowest BCUT2D eigenvalue weighted by molar-refractivity contribution is -0.000837. The first-order valence-electron chi connectivity index (χ1n) is 6.52. The highest BCUT2D eigenvalue weighted by Crippen LogP contribution is 2.39. The van der Waals surface area contributed by atoms with Crippen molar-refractivity contribution in [2.45, 2.75) is 19.4 Å². The number of likely N-dealkylation sites (tertiary alicyclic amines) is 1. The fourth-order valence-corrected chi connectivity index (χ4v) is 3.16. The Labute approximate surface area is 105 Å². The van der Waals surface area contributed by atoms with E-state index in [2.05, 4.69) is 35.2 Å². The number of piperidine rings is 1. The molecule has 0 aliphatic carbocycles. The largest absolute Gasteiger partial charge is 0.352 e. The van der Waals surface area contributed by atoms with E-state index in [1.54, 1.807) is 0 Å². The Hall–Kier alpha value is -0.795. The molecule has 0 amide bonds. The highest BCUT2D eigenvalue weighted by atomic mass is 15.2. The van der Waals surface area contributed by atoms with E-state index in [1.807, 2.05) is 4.81 Å². The highest BCUT2D eigenvalue weighted by Gasteiger charge is 2.42. The fraction of sp³-hybridized carbons (Fsp3) is 0.571. The van der Waals surface area contributed by atoms with Crippen molar-refractivity contribution in [3.05, 3.63) is 35.9 Å². The van der Waals surface area contributed by atoms with Gasteiger partial charge in [-0.25, -0.2) is 0 Å². The van der Waals surface area contributed by atoms with Gasteiger partial charge in [0.15, 0.2) is 7.98 Å². The maximum atomic E-state index is 5.76. The van der Waals surface area contributed by atoms with Crippen LogP contribution in [0.4, 0.5) is 0 Å². The van der Waals surface area contributed by atoms with Crippen molar-refractivity contribution >= 4 is 7.98 Å². The molecule has 2 aliphatic heterocycles. The molecule has 0 bridgehead atoms. The first kappa shape index (κ1) is 11.3. The number of benzene rings is 1. The van der Waals surface area contributed by atoms with Crippen molar-refractivity contribution in [1.29, 1.82) is 0 Å². The van der Waals surface area contributed by atoms with Crippen molar-refractivity contribution in [2.24, 2.45) is 5.41 Å². The molecule has 3 rings (SSSR count). The minimum absolute atomic E-state index is 0.557. The molecule has 2 saturated heterocycles. The molecule has 17 heavy (non-hydrogen) atoms. The molecule has 2 aliphatic rings. The van der Waals surface area contributed by atoms with E-state index in [0.717, 1.165) is 19.6 Å². The van der Waals surface area contributed by atoms with Gasteiger partial charge in [-0.1, -0.05) is 30.3 Å². The summed E-state index contributed by atoms with van der Waals surface area (Å²) in [6, 6.07) is 10.8. The van der Waals surface area contributed by atoms with Crippen LogP contribution in [0.15, 0.2) is 30.3 Å². The summed E-state index contributed by atoms with van der Waals surface area (Å²) in [5.41, 5.74) is 1.99. The molecule has 3 heteroatoms. The van der Waals surface area contributed by atoms with Crippen LogP contribution in [0, 0.1) is 5.41 Å². The molecule has 2 fully saturated rings. The Balaban J connectivity index is 1.52. The van der Waals surface area contributed by atoms with Gasteiger partial charge in [0.2, 0.25) is 0 Å². The van der Waals surface area contributed by atoms with Gasteiger partial charge in [-0.05, 0) is 50.0 Å². The molecule has 0 unspecified atom stereocenters. The third kappa shape index (κ3) is 2.40. The van der Waals surface area contributed by atoms with Crippen LogP contribution in [0.3, 0.4) is 0 Å². The second kappa shape index (κ2) is 4.47. The Morgan fingerprint density at radius 3 is 2.29 bits per heavy atom. The standard InChI is InChI=1S/C14H19BN2/c15-17-11-14(12-17)6-8-16(9-7-14)10-13-4-2-1-3-5-13/h1-5H,6-12H2. The smallest absolute Gasteiger partial charge is 0.182 e. The van der Waals surface area contributed by atoms with Crippen molar-refractivity contribution in [2.75, 3.05) is 26.2 Å². The van der Waals surface area contributed by atoms with Gasteiger partial charge in [0.05, 0.1) is 0 Å². The van der Waals surface area contributed by atoms with Gasteiger partial charge < -0.3 is 4.81 Å². The van der Waals surface area contributed by atoms with E-state index in [0.29, 0.717) is 5.41 Å². The predicted octanol–water partition coefficient (Wildman–Crippen LogP) is 1.67. The normalized spacial score (nSPS) is 24.7. The average molecular weight is 226 g/mol. The van der Waals surface area contributed by atoms with E-state index in [1.165, 1.54) is 31.5 Å². The third-order valence-corrected chi connectivity index (χ3v) is 4.24. The van der Waals surface area contributed by atoms with Gasteiger partial charge in [0, 0.05) is 6.54 Å². The lowest BCUT2D eigenvalue weighted by atomic mass is 9.70. The van der Waals surface area contributed by atoms with Crippen LogP contribution in [-0.4, -0.2) is 43.9 Å². The molecule has 2 nitrogen and oxygen atoms in total. The van der Waals surface area contributed by atoms with Gasteiger partial charge in [-0.3, -0.25) is 4.90 Å². The summed E-state index contributed by atoms with van der Waals surface area (Å²) in [4.78, 5) is 4.52.